The molecule has 1 atom stereocenters. The van der Waals surface area contributed by atoms with Crippen LogP contribution in [-0.2, 0) is 18.3 Å². The number of nitrogens with two attached hydrogens (primary N) is 1. The highest BCUT2D eigenvalue weighted by Crippen LogP contribution is 2.26. The number of rotatable bonds is 4. The van der Waals surface area contributed by atoms with Crippen LogP contribution in [-0.4, -0.2) is 0 Å². The van der Waals surface area contributed by atoms with E-state index in [9.17, 15) is 0 Å². The molecule has 0 saturated carbocycles. The molecule has 1 nitrogen and oxygen atoms in total. The predicted octanol–water partition coefficient (Wildman–Crippen LogP) is 4.85. The number of hydrogen-bond donors (Lipinski definition) is 1. The molecular weight excluding hydrogens is 262 g/mol. The summed E-state index contributed by atoms with van der Waals surface area (Å²) in [6, 6.07) is 13.4. The quantitative estimate of drug-likeness (QED) is 0.854. The average molecular weight is 287 g/mol. The second kappa shape index (κ2) is 6.11. The van der Waals surface area contributed by atoms with E-state index in [2.05, 4.69) is 64.1 Å². The smallest absolute Gasteiger partial charge is 0.0430 e. The SMILES string of the molecule is CCc1ccc(C(N)Cc2ccc(C(C)(C)C)cc2)s1. The highest BCUT2D eigenvalue weighted by molar-refractivity contribution is 7.12. The van der Waals surface area contributed by atoms with Gasteiger partial charge in [-0.15, -0.1) is 11.3 Å². The summed E-state index contributed by atoms with van der Waals surface area (Å²) in [7, 11) is 0. The fraction of sp³-hybridized carbons (Fsp3) is 0.444. The minimum absolute atomic E-state index is 0.112. The van der Waals surface area contributed by atoms with Crippen LogP contribution in [0.3, 0.4) is 0 Å². The first kappa shape index (κ1) is 15.3. The molecule has 2 N–H and O–H groups in total. The molecule has 1 aromatic heterocycles. The summed E-state index contributed by atoms with van der Waals surface area (Å²) in [5.41, 5.74) is 9.23. The molecule has 0 saturated heterocycles. The first-order valence-corrected chi connectivity index (χ1v) is 8.15. The van der Waals surface area contributed by atoms with Gasteiger partial charge in [0.2, 0.25) is 0 Å². The van der Waals surface area contributed by atoms with Crippen LogP contribution >= 0.6 is 11.3 Å². The molecule has 0 spiro atoms. The molecule has 0 fully saturated rings. The average Bonchev–Trinajstić information content (AvgIpc) is 2.87. The van der Waals surface area contributed by atoms with Gasteiger partial charge in [-0.2, -0.15) is 0 Å². The van der Waals surface area contributed by atoms with Gasteiger partial charge < -0.3 is 5.73 Å². The lowest BCUT2D eigenvalue weighted by molar-refractivity contribution is 0.589. The zero-order valence-electron chi connectivity index (χ0n) is 12.9. The third-order valence-electron chi connectivity index (χ3n) is 3.67. The molecule has 0 bridgehead atoms. The standard InChI is InChI=1S/C18H25NS/c1-5-15-10-11-17(20-15)16(19)12-13-6-8-14(9-7-13)18(2,3)4/h6-11,16H,5,12,19H2,1-4H3. The van der Waals surface area contributed by atoms with Gasteiger partial charge in [0, 0.05) is 15.8 Å². The van der Waals surface area contributed by atoms with Crippen LogP contribution in [0, 0.1) is 0 Å². The van der Waals surface area contributed by atoms with Crippen LogP contribution < -0.4 is 5.73 Å². The molecule has 0 aliphatic heterocycles. The van der Waals surface area contributed by atoms with Crippen LogP contribution in [0.2, 0.25) is 0 Å². The Balaban J connectivity index is 2.06. The minimum Gasteiger partial charge on any atom is -0.323 e. The van der Waals surface area contributed by atoms with Crippen LogP contribution in [0.4, 0.5) is 0 Å². The van der Waals surface area contributed by atoms with Crippen molar-refractivity contribution < 1.29 is 0 Å². The Bertz CT molecular complexity index is 546. The van der Waals surface area contributed by atoms with Crippen molar-refractivity contribution in [2.24, 2.45) is 5.73 Å². The van der Waals surface area contributed by atoms with E-state index in [0.29, 0.717) is 0 Å². The zero-order valence-corrected chi connectivity index (χ0v) is 13.8. The number of aryl methyl sites for hydroxylation is 1. The van der Waals surface area contributed by atoms with E-state index in [4.69, 9.17) is 5.73 Å². The van der Waals surface area contributed by atoms with Crippen molar-refractivity contribution in [2.45, 2.75) is 52.0 Å². The number of thiophene rings is 1. The topological polar surface area (TPSA) is 26.0 Å². The van der Waals surface area contributed by atoms with E-state index >= 15 is 0 Å². The van der Waals surface area contributed by atoms with Crippen molar-refractivity contribution >= 4 is 11.3 Å². The van der Waals surface area contributed by atoms with Crippen molar-refractivity contribution in [2.75, 3.05) is 0 Å². The minimum atomic E-state index is 0.112. The van der Waals surface area contributed by atoms with Crippen LogP contribution in [0.1, 0.15) is 54.6 Å². The first-order chi connectivity index (χ1) is 9.40. The Labute approximate surface area is 126 Å². The molecule has 2 aromatic rings. The molecule has 0 amide bonds. The fourth-order valence-electron chi connectivity index (χ4n) is 2.28. The Kier molecular flexibility index (Phi) is 4.66. The van der Waals surface area contributed by atoms with E-state index in [1.165, 1.54) is 20.9 Å². The second-order valence-corrected chi connectivity index (χ2v) is 7.62. The van der Waals surface area contributed by atoms with Gasteiger partial charge in [0.05, 0.1) is 0 Å². The maximum Gasteiger partial charge on any atom is 0.0430 e. The maximum atomic E-state index is 6.33. The van der Waals surface area contributed by atoms with Gasteiger partial charge in [-0.3, -0.25) is 0 Å². The summed E-state index contributed by atoms with van der Waals surface area (Å²) in [6.07, 6.45) is 2.01. The van der Waals surface area contributed by atoms with E-state index in [1.54, 1.807) is 0 Å². The van der Waals surface area contributed by atoms with E-state index < -0.39 is 0 Å². The van der Waals surface area contributed by atoms with Gasteiger partial charge in [-0.25, -0.2) is 0 Å². The number of benzene rings is 1. The van der Waals surface area contributed by atoms with Crippen molar-refractivity contribution in [1.29, 1.82) is 0 Å². The molecule has 108 valence electrons. The molecule has 0 aliphatic rings. The summed E-state index contributed by atoms with van der Waals surface area (Å²) >= 11 is 1.84. The summed E-state index contributed by atoms with van der Waals surface area (Å²) < 4.78 is 0. The Hall–Kier alpha value is -1.12. The summed E-state index contributed by atoms with van der Waals surface area (Å²) in [4.78, 5) is 2.71. The van der Waals surface area contributed by atoms with E-state index in [-0.39, 0.29) is 11.5 Å². The molecule has 0 aliphatic carbocycles. The third kappa shape index (κ3) is 3.71. The maximum absolute atomic E-state index is 6.33. The molecule has 2 heteroatoms. The Morgan fingerprint density at radius 1 is 1.05 bits per heavy atom. The monoisotopic (exact) mass is 287 g/mol. The fourth-order valence-corrected chi connectivity index (χ4v) is 3.23. The molecule has 2 rings (SSSR count). The Morgan fingerprint density at radius 3 is 2.20 bits per heavy atom. The van der Waals surface area contributed by atoms with Gasteiger partial charge in [-0.05, 0) is 41.5 Å². The summed E-state index contributed by atoms with van der Waals surface area (Å²) in [5.74, 6) is 0. The lowest BCUT2D eigenvalue weighted by atomic mass is 9.86. The summed E-state index contributed by atoms with van der Waals surface area (Å²) in [6.45, 7) is 8.91. The van der Waals surface area contributed by atoms with Crippen LogP contribution in [0.15, 0.2) is 36.4 Å². The lowest BCUT2D eigenvalue weighted by Gasteiger charge is -2.19. The highest BCUT2D eigenvalue weighted by Gasteiger charge is 2.14. The number of hydrogen-bond acceptors (Lipinski definition) is 2. The molecular formula is C18H25NS. The van der Waals surface area contributed by atoms with Gasteiger partial charge in [0.25, 0.3) is 0 Å². The molecule has 1 heterocycles. The van der Waals surface area contributed by atoms with Gasteiger partial charge >= 0.3 is 0 Å². The second-order valence-electron chi connectivity index (χ2n) is 6.42. The van der Waals surface area contributed by atoms with Gasteiger partial charge in [0.1, 0.15) is 0 Å². The van der Waals surface area contributed by atoms with Gasteiger partial charge in [0.15, 0.2) is 0 Å². The molecule has 1 aromatic carbocycles. The largest absolute Gasteiger partial charge is 0.323 e. The van der Waals surface area contributed by atoms with E-state index in [0.717, 1.165) is 12.8 Å². The normalized spacial score (nSPS) is 13.4. The molecule has 0 radical (unpaired) electrons. The van der Waals surface area contributed by atoms with Crippen LogP contribution in [0.25, 0.3) is 0 Å². The zero-order chi connectivity index (χ0) is 14.8. The third-order valence-corrected chi connectivity index (χ3v) is 5.03. The lowest BCUT2D eigenvalue weighted by Crippen LogP contribution is -2.13. The first-order valence-electron chi connectivity index (χ1n) is 7.33. The Morgan fingerprint density at radius 2 is 1.70 bits per heavy atom. The molecule has 1 unspecified atom stereocenters. The van der Waals surface area contributed by atoms with Crippen LogP contribution in [0.5, 0.6) is 0 Å². The predicted molar refractivity (Wildman–Crippen MR) is 89.5 cm³/mol. The van der Waals surface area contributed by atoms with Gasteiger partial charge in [-0.1, -0.05) is 52.0 Å². The van der Waals surface area contributed by atoms with Crippen molar-refractivity contribution in [3.63, 3.8) is 0 Å². The highest BCUT2D eigenvalue weighted by atomic mass is 32.1. The van der Waals surface area contributed by atoms with Crippen molar-refractivity contribution in [3.8, 4) is 0 Å². The van der Waals surface area contributed by atoms with E-state index in [1.807, 2.05) is 11.3 Å². The summed E-state index contributed by atoms with van der Waals surface area (Å²) in [5, 5.41) is 0. The molecule has 20 heavy (non-hydrogen) atoms. The van der Waals surface area contributed by atoms with Crippen molar-refractivity contribution in [3.05, 3.63) is 57.3 Å². The van der Waals surface area contributed by atoms with Crippen molar-refractivity contribution in [1.82, 2.24) is 0 Å².